The number of nitrogens with two attached hydrogens (primary N) is 1. The molecule has 0 spiro atoms. The first-order valence-electron chi connectivity index (χ1n) is 6.03. The summed E-state index contributed by atoms with van der Waals surface area (Å²) < 4.78 is 8.13. The molecule has 19 heavy (non-hydrogen) atoms. The van der Waals surface area contributed by atoms with Crippen LogP contribution in [0.5, 0.6) is 5.75 Å². The maximum absolute atomic E-state index is 11.8. The lowest BCUT2D eigenvalue weighted by Gasteiger charge is -2.12. The fourth-order valence-corrected chi connectivity index (χ4v) is 1.90. The van der Waals surface area contributed by atoms with Crippen molar-refractivity contribution in [3.05, 3.63) is 46.1 Å². The molecule has 0 radical (unpaired) electrons. The number of aryl methyl sites for hydroxylation is 1. The maximum Gasteiger partial charge on any atom is 0.345 e. The molecule has 1 aromatic carbocycles. The van der Waals surface area contributed by atoms with Gasteiger partial charge in [-0.15, -0.1) is 0 Å². The number of nitrogens with zero attached hydrogens (tertiary/aromatic N) is 3. The first-order valence-corrected chi connectivity index (χ1v) is 6.03. The fourth-order valence-electron chi connectivity index (χ4n) is 1.90. The third kappa shape index (κ3) is 2.68. The van der Waals surface area contributed by atoms with E-state index >= 15 is 0 Å². The average molecular weight is 262 g/mol. The van der Waals surface area contributed by atoms with E-state index in [1.807, 2.05) is 25.1 Å². The highest BCUT2D eigenvalue weighted by atomic mass is 16.5. The van der Waals surface area contributed by atoms with Crippen molar-refractivity contribution in [2.75, 3.05) is 7.11 Å². The minimum Gasteiger partial charge on any atom is -0.496 e. The smallest absolute Gasteiger partial charge is 0.345 e. The van der Waals surface area contributed by atoms with Gasteiger partial charge in [0, 0.05) is 18.7 Å². The zero-order chi connectivity index (χ0) is 14.0. The molecule has 0 aliphatic heterocycles. The summed E-state index contributed by atoms with van der Waals surface area (Å²) in [6.45, 7) is 2.28. The van der Waals surface area contributed by atoms with E-state index in [-0.39, 0.29) is 11.7 Å². The van der Waals surface area contributed by atoms with Crippen LogP contribution in [-0.2, 0) is 13.6 Å². The number of benzene rings is 1. The number of aromatic nitrogens is 3. The molecule has 2 N–H and O–H groups in total. The number of hydrogen-bond donors (Lipinski definition) is 1. The Morgan fingerprint density at radius 2 is 2.21 bits per heavy atom. The van der Waals surface area contributed by atoms with Crippen LogP contribution in [0.15, 0.2) is 29.3 Å². The lowest BCUT2D eigenvalue weighted by Crippen LogP contribution is -2.23. The van der Waals surface area contributed by atoms with Gasteiger partial charge >= 0.3 is 5.69 Å². The molecular formula is C13H18N4O2. The Balaban J connectivity index is 2.40. The van der Waals surface area contributed by atoms with Gasteiger partial charge in [-0.25, -0.2) is 9.48 Å². The van der Waals surface area contributed by atoms with Crippen molar-refractivity contribution in [1.82, 2.24) is 14.3 Å². The molecule has 6 nitrogen and oxygen atoms in total. The van der Waals surface area contributed by atoms with Crippen molar-refractivity contribution in [2.45, 2.75) is 19.5 Å². The van der Waals surface area contributed by atoms with Gasteiger partial charge in [0.05, 0.1) is 13.7 Å². The molecule has 2 rings (SSSR count). The molecule has 1 unspecified atom stereocenters. The predicted molar refractivity (Wildman–Crippen MR) is 72.2 cm³/mol. The number of methoxy groups -OCH3 is 1. The van der Waals surface area contributed by atoms with Gasteiger partial charge in [0.15, 0.2) is 0 Å². The van der Waals surface area contributed by atoms with Crippen molar-refractivity contribution in [3.8, 4) is 5.75 Å². The van der Waals surface area contributed by atoms with Crippen LogP contribution in [-0.4, -0.2) is 21.5 Å². The zero-order valence-electron chi connectivity index (χ0n) is 11.3. The summed E-state index contributed by atoms with van der Waals surface area (Å²) in [6, 6.07) is 5.67. The number of ether oxygens (including phenoxy) is 1. The highest BCUT2D eigenvalue weighted by molar-refractivity contribution is 5.38. The molecule has 1 atom stereocenters. The molecule has 1 aromatic heterocycles. The number of hydrogen-bond acceptors (Lipinski definition) is 4. The molecule has 0 bridgehead atoms. The Labute approximate surface area is 111 Å². The second-order valence-corrected chi connectivity index (χ2v) is 4.54. The molecule has 0 fully saturated rings. The van der Waals surface area contributed by atoms with E-state index in [0.29, 0.717) is 6.54 Å². The van der Waals surface area contributed by atoms with Crippen molar-refractivity contribution >= 4 is 0 Å². The standard InChI is InChI=1S/C13H18N4O2/c1-9(14)10-4-5-12(19-3)11(6-10)7-17-13(18)16(2)8-15-17/h4-6,8-9H,7,14H2,1-3H3. The summed E-state index contributed by atoms with van der Waals surface area (Å²) in [4.78, 5) is 11.8. The SMILES string of the molecule is COc1ccc(C(C)N)cc1Cn1ncn(C)c1=O. The largest absolute Gasteiger partial charge is 0.496 e. The van der Waals surface area contributed by atoms with Gasteiger partial charge in [0.25, 0.3) is 0 Å². The average Bonchev–Trinajstić information content (AvgIpc) is 2.70. The second-order valence-electron chi connectivity index (χ2n) is 4.54. The van der Waals surface area contributed by atoms with Crippen LogP contribution < -0.4 is 16.2 Å². The number of rotatable bonds is 4. The van der Waals surface area contributed by atoms with Crippen LogP contribution in [0.25, 0.3) is 0 Å². The highest BCUT2D eigenvalue weighted by Gasteiger charge is 2.10. The summed E-state index contributed by atoms with van der Waals surface area (Å²) in [5, 5.41) is 4.04. The fraction of sp³-hybridized carbons (Fsp3) is 0.385. The van der Waals surface area contributed by atoms with Gasteiger partial charge in [-0.1, -0.05) is 6.07 Å². The van der Waals surface area contributed by atoms with Crippen molar-refractivity contribution < 1.29 is 4.74 Å². The van der Waals surface area contributed by atoms with Crippen molar-refractivity contribution in [3.63, 3.8) is 0 Å². The lowest BCUT2D eigenvalue weighted by atomic mass is 10.0. The van der Waals surface area contributed by atoms with E-state index in [2.05, 4.69) is 5.10 Å². The van der Waals surface area contributed by atoms with Gasteiger partial charge in [0.1, 0.15) is 12.1 Å². The Morgan fingerprint density at radius 1 is 1.47 bits per heavy atom. The van der Waals surface area contributed by atoms with Crippen molar-refractivity contribution in [1.29, 1.82) is 0 Å². The van der Waals surface area contributed by atoms with Crippen molar-refractivity contribution in [2.24, 2.45) is 12.8 Å². The van der Waals surface area contributed by atoms with Crippen LogP contribution in [0.4, 0.5) is 0 Å². The van der Waals surface area contributed by atoms with E-state index in [1.54, 1.807) is 14.2 Å². The molecule has 1 heterocycles. The molecule has 0 amide bonds. The Morgan fingerprint density at radius 3 is 2.74 bits per heavy atom. The molecule has 102 valence electrons. The minimum atomic E-state index is -0.159. The second kappa shape index (κ2) is 5.27. The maximum atomic E-state index is 11.8. The van der Waals surface area contributed by atoms with Crippen LogP contribution in [0.1, 0.15) is 24.1 Å². The molecule has 2 aromatic rings. The normalized spacial score (nSPS) is 12.4. The van der Waals surface area contributed by atoms with Gasteiger partial charge < -0.3 is 10.5 Å². The van der Waals surface area contributed by atoms with E-state index in [0.717, 1.165) is 16.9 Å². The van der Waals surface area contributed by atoms with Gasteiger partial charge in [-0.05, 0) is 24.6 Å². The van der Waals surface area contributed by atoms with Crippen LogP contribution in [0.3, 0.4) is 0 Å². The van der Waals surface area contributed by atoms with Gasteiger partial charge in [0.2, 0.25) is 0 Å². The summed E-state index contributed by atoms with van der Waals surface area (Å²) in [5.74, 6) is 0.724. The Hall–Kier alpha value is -2.08. The molecule has 0 saturated heterocycles. The monoisotopic (exact) mass is 262 g/mol. The molecule has 6 heteroatoms. The summed E-state index contributed by atoms with van der Waals surface area (Å²) in [5.41, 5.74) is 7.60. The summed E-state index contributed by atoms with van der Waals surface area (Å²) in [7, 11) is 3.27. The van der Waals surface area contributed by atoms with Crippen LogP contribution in [0, 0.1) is 0 Å². The highest BCUT2D eigenvalue weighted by Crippen LogP contribution is 2.22. The topological polar surface area (TPSA) is 75.1 Å². The van der Waals surface area contributed by atoms with E-state index in [1.165, 1.54) is 15.6 Å². The van der Waals surface area contributed by atoms with Gasteiger partial charge in [-0.3, -0.25) is 4.57 Å². The molecular weight excluding hydrogens is 244 g/mol. The van der Waals surface area contributed by atoms with Crippen LogP contribution in [0.2, 0.25) is 0 Å². The predicted octanol–water partition coefficient (Wildman–Crippen LogP) is 0.658. The van der Waals surface area contributed by atoms with E-state index in [4.69, 9.17) is 10.5 Å². The quantitative estimate of drug-likeness (QED) is 0.878. The van der Waals surface area contributed by atoms with Gasteiger partial charge in [-0.2, -0.15) is 5.10 Å². The minimum absolute atomic E-state index is 0.0647. The lowest BCUT2D eigenvalue weighted by molar-refractivity contribution is 0.406. The molecule has 0 aliphatic rings. The van der Waals surface area contributed by atoms with Crippen LogP contribution >= 0.6 is 0 Å². The Bertz CT molecular complexity index is 628. The first kappa shape index (κ1) is 13.4. The Kier molecular flexibility index (Phi) is 3.71. The third-order valence-corrected chi connectivity index (χ3v) is 3.04. The summed E-state index contributed by atoms with van der Waals surface area (Å²) in [6.07, 6.45) is 1.49. The summed E-state index contributed by atoms with van der Waals surface area (Å²) >= 11 is 0. The van der Waals surface area contributed by atoms with E-state index < -0.39 is 0 Å². The third-order valence-electron chi connectivity index (χ3n) is 3.04. The van der Waals surface area contributed by atoms with E-state index in [9.17, 15) is 4.79 Å². The zero-order valence-corrected chi connectivity index (χ0v) is 11.3. The molecule has 0 saturated carbocycles. The molecule has 0 aliphatic carbocycles. The first-order chi connectivity index (χ1) is 9.02.